The Morgan fingerprint density at radius 3 is 2.52 bits per heavy atom. The summed E-state index contributed by atoms with van der Waals surface area (Å²) in [5, 5.41) is 2.32. The maximum atomic E-state index is 12.7. The van der Waals surface area contributed by atoms with Gasteiger partial charge in [0.25, 0.3) is 0 Å². The highest BCUT2D eigenvalue weighted by Crippen LogP contribution is 2.30. The van der Waals surface area contributed by atoms with E-state index in [2.05, 4.69) is 23.1 Å². The van der Waals surface area contributed by atoms with Gasteiger partial charge in [0, 0.05) is 37.0 Å². The van der Waals surface area contributed by atoms with Crippen molar-refractivity contribution >= 4 is 22.6 Å². The molecule has 0 saturated carbocycles. The molecule has 2 aromatic carbocycles. The fourth-order valence-electron chi connectivity index (χ4n) is 4.59. The van der Waals surface area contributed by atoms with Gasteiger partial charge in [0.15, 0.2) is 0 Å². The van der Waals surface area contributed by atoms with Gasteiger partial charge in [-0.25, -0.2) is 0 Å². The fourth-order valence-corrected chi connectivity index (χ4v) is 4.59. The van der Waals surface area contributed by atoms with Crippen LogP contribution in [0, 0.1) is 5.92 Å². The summed E-state index contributed by atoms with van der Waals surface area (Å²) in [5.74, 6) is 0.872. The number of amides is 2. The maximum absolute atomic E-state index is 12.7. The summed E-state index contributed by atoms with van der Waals surface area (Å²) in [5.41, 5.74) is 6.52. The van der Waals surface area contributed by atoms with Crippen molar-refractivity contribution in [2.24, 2.45) is 11.7 Å². The van der Waals surface area contributed by atoms with Gasteiger partial charge >= 0.3 is 0 Å². The third-order valence-corrected chi connectivity index (χ3v) is 6.47. The van der Waals surface area contributed by atoms with Crippen LogP contribution in [-0.4, -0.2) is 60.9 Å². The summed E-state index contributed by atoms with van der Waals surface area (Å²) >= 11 is 0. The summed E-state index contributed by atoms with van der Waals surface area (Å²) in [6.07, 6.45) is 2.83. The SMILES string of the molecule is COc1ccc2ccccc2c1CCC(=O)N1CC(N2CCC(C(N)=O)CC2)C1. The minimum atomic E-state index is -0.182. The number of methoxy groups -OCH3 is 1. The Kier molecular flexibility index (Phi) is 5.72. The predicted octanol–water partition coefficient (Wildman–Crippen LogP) is 2.19. The molecule has 6 heteroatoms. The highest BCUT2D eigenvalue weighted by atomic mass is 16.5. The molecule has 29 heavy (non-hydrogen) atoms. The quantitative estimate of drug-likeness (QED) is 0.814. The zero-order valence-electron chi connectivity index (χ0n) is 17.0. The standard InChI is InChI=1S/C23H29N3O3/c1-29-21-8-6-16-4-2-3-5-19(16)20(21)7-9-22(27)26-14-18(15-26)25-12-10-17(11-13-25)23(24)28/h2-6,8,17-18H,7,9-15H2,1H3,(H2,24,28). The van der Waals surface area contributed by atoms with Crippen LogP contribution in [0.15, 0.2) is 36.4 Å². The van der Waals surface area contributed by atoms with E-state index in [0.717, 1.165) is 55.7 Å². The number of hydrogen-bond acceptors (Lipinski definition) is 4. The smallest absolute Gasteiger partial charge is 0.223 e. The summed E-state index contributed by atoms with van der Waals surface area (Å²) in [6, 6.07) is 12.7. The number of rotatable bonds is 6. The van der Waals surface area contributed by atoms with Crippen molar-refractivity contribution < 1.29 is 14.3 Å². The molecule has 2 saturated heterocycles. The van der Waals surface area contributed by atoms with Gasteiger partial charge < -0.3 is 15.4 Å². The Labute approximate surface area is 171 Å². The topological polar surface area (TPSA) is 75.9 Å². The number of benzene rings is 2. The summed E-state index contributed by atoms with van der Waals surface area (Å²) in [4.78, 5) is 28.4. The average molecular weight is 396 g/mol. The molecule has 0 unspecified atom stereocenters. The summed E-state index contributed by atoms with van der Waals surface area (Å²) in [7, 11) is 1.68. The van der Waals surface area contributed by atoms with Crippen molar-refractivity contribution in [2.75, 3.05) is 33.3 Å². The Balaban J connectivity index is 1.31. The molecule has 0 bridgehead atoms. The lowest BCUT2D eigenvalue weighted by molar-refractivity contribution is -0.139. The molecule has 2 fully saturated rings. The van der Waals surface area contributed by atoms with Crippen molar-refractivity contribution in [3.05, 3.63) is 42.0 Å². The molecule has 2 aliphatic rings. The molecule has 0 radical (unpaired) electrons. The number of likely N-dealkylation sites (tertiary alicyclic amines) is 2. The molecule has 0 aromatic heterocycles. The van der Waals surface area contributed by atoms with Crippen molar-refractivity contribution in [1.29, 1.82) is 0 Å². The number of piperidine rings is 1. The Morgan fingerprint density at radius 2 is 1.83 bits per heavy atom. The number of carbonyl (C=O) groups is 2. The van der Waals surface area contributed by atoms with Gasteiger partial charge in [-0.05, 0) is 49.2 Å². The van der Waals surface area contributed by atoms with Crippen molar-refractivity contribution in [3.63, 3.8) is 0 Å². The maximum Gasteiger partial charge on any atom is 0.223 e. The third kappa shape index (κ3) is 4.08. The van der Waals surface area contributed by atoms with E-state index in [1.165, 1.54) is 5.39 Å². The number of hydrogen-bond donors (Lipinski definition) is 1. The summed E-state index contributed by atoms with van der Waals surface area (Å²) < 4.78 is 5.54. The first-order chi connectivity index (χ1) is 14.1. The molecular weight excluding hydrogens is 366 g/mol. The van der Waals surface area contributed by atoms with Gasteiger partial charge in [-0.2, -0.15) is 0 Å². The van der Waals surface area contributed by atoms with Crippen LogP contribution in [-0.2, 0) is 16.0 Å². The number of carbonyl (C=O) groups excluding carboxylic acids is 2. The van der Waals surface area contributed by atoms with E-state index in [0.29, 0.717) is 18.9 Å². The fraction of sp³-hybridized carbons (Fsp3) is 0.478. The third-order valence-electron chi connectivity index (χ3n) is 6.47. The Bertz CT molecular complexity index is 899. The lowest BCUT2D eigenvalue weighted by Gasteiger charge is -2.47. The van der Waals surface area contributed by atoms with Crippen LogP contribution in [0.3, 0.4) is 0 Å². The van der Waals surface area contributed by atoms with E-state index in [1.54, 1.807) is 7.11 Å². The van der Waals surface area contributed by atoms with Crippen LogP contribution in [0.2, 0.25) is 0 Å². The second-order valence-corrected chi connectivity index (χ2v) is 8.13. The number of nitrogens with two attached hydrogens (primary N) is 1. The number of nitrogens with zero attached hydrogens (tertiary/aromatic N) is 2. The Hall–Kier alpha value is -2.60. The van der Waals surface area contributed by atoms with E-state index in [-0.39, 0.29) is 17.7 Å². The molecule has 0 aliphatic carbocycles. The lowest BCUT2D eigenvalue weighted by atomic mass is 9.93. The van der Waals surface area contributed by atoms with Gasteiger partial charge in [-0.15, -0.1) is 0 Å². The van der Waals surface area contributed by atoms with Gasteiger partial charge in [0.1, 0.15) is 5.75 Å². The van der Waals surface area contributed by atoms with Crippen molar-refractivity contribution in [3.8, 4) is 5.75 Å². The number of ether oxygens (including phenoxy) is 1. The second-order valence-electron chi connectivity index (χ2n) is 8.13. The van der Waals surface area contributed by atoms with Crippen molar-refractivity contribution in [1.82, 2.24) is 9.80 Å². The monoisotopic (exact) mass is 395 g/mol. The van der Waals surface area contributed by atoms with Gasteiger partial charge in [-0.3, -0.25) is 14.5 Å². The molecule has 154 valence electrons. The molecule has 0 atom stereocenters. The molecule has 4 rings (SSSR count). The van der Waals surface area contributed by atoms with E-state index < -0.39 is 0 Å². The van der Waals surface area contributed by atoms with Gasteiger partial charge in [0.2, 0.25) is 11.8 Å². The molecule has 2 aromatic rings. The first-order valence-corrected chi connectivity index (χ1v) is 10.4. The number of fused-ring (bicyclic) bond motifs is 1. The second kappa shape index (κ2) is 8.41. The van der Waals surface area contributed by atoms with E-state index in [9.17, 15) is 9.59 Å². The average Bonchev–Trinajstić information content (AvgIpc) is 2.71. The minimum Gasteiger partial charge on any atom is -0.496 e. The van der Waals surface area contributed by atoms with Crippen LogP contribution in [0.5, 0.6) is 5.75 Å². The lowest BCUT2D eigenvalue weighted by Crippen LogP contribution is -2.62. The normalized spacial score (nSPS) is 18.6. The van der Waals surface area contributed by atoms with Gasteiger partial charge in [-0.1, -0.05) is 30.3 Å². The first kappa shape index (κ1) is 19.7. The number of aryl methyl sites for hydroxylation is 1. The zero-order chi connectivity index (χ0) is 20.4. The van der Waals surface area contributed by atoms with Crippen LogP contribution < -0.4 is 10.5 Å². The van der Waals surface area contributed by atoms with Crippen LogP contribution in [0.25, 0.3) is 10.8 Å². The highest BCUT2D eigenvalue weighted by molar-refractivity contribution is 5.88. The largest absolute Gasteiger partial charge is 0.496 e. The molecular formula is C23H29N3O3. The molecule has 0 spiro atoms. The Morgan fingerprint density at radius 1 is 1.10 bits per heavy atom. The first-order valence-electron chi connectivity index (χ1n) is 10.4. The molecule has 2 heterocycles. The molecule has 2 amide bonds. The van der Waals surface area contributed by atoms with Crippen molar-refractivity contribution in [2.45, 2.75) is 31.7 Å². The summed E-state index contributed by atoms with van der Waals surface area (Å²) in [6.45, 7) is 3.36. The van der Waals surface area contributed by atoms with Crippen LogP contribution >= 0.6 is 0 Å². The predicted molar refractivity (Wildman–Crippen MR) is 113 cm³/mol. The number of primary amides is 1. The van der Waals surface area contributed by atoms with E-state index >= 15 is 0 Å². The highest BCUT2D eigenvalue weighted by Gasteiger charge is 2.36. The minimum absolute atomic E-state index is 0.0136. The molecule has 2 aliphatic heterocycles. The van der Waals surface area contributed by atoms with Gasteiger partial charge in [0.05, 0.1) is 7.11 Å². The molecule has 6 nitrogen and oxygen atoms in total. The molecule has 2 N–H and O–H groups in total. The van der Waals surface area contributed by atoms with Crippen LogP contribution in [0.4, 0.5) is 0 Å². The van der Waals surface area contributed by atoms with Crippen LogP contribution in [0.1, 0.15) is 24.8 Å². The van der Waals surface area contributed by atoms with E-state index in [1.807, 2.05) is 23.1 Å². The zero-order valence-corrected chi connectivity index (χ0v) is 17.0. The van der Waals surface area contributed by atoms with E-state index in [4.69, 9.17) is 10.5 Å².